The molecule has 0 nitrogen and oxygen atoms in total. The van der Waals surface area contributed by atoms with E-state index in [0.717, 1.165) is 0 Å². The van der Waals surface area contributed by atoms with Crippen molar-refractivity contribution in [2.75, 3.05) is 0 Å². The minimum atomic E-state index is 1.22. The lowest BCUT2D eigenvalue weighted by molar-refractivity contribution is 1.33. The van der Waals surface area contributed by atoms with E-state index in [1.807, 2.05) is 19.9 Å². The molecule has 0 fully saturated rings. The van der Waals surface area contributed by atoms with Crippen LogP contribution >= 0.6 is 0 Å². The highest BCUT2D eigenvalue weighted by Crippen LogP contribution is 2.04. The molecular formula is C9H14. The first-order chi connectivity index (χ1) is 4.22. The van der Waals surface area contributed by atoms with Gasteiger partial charge in [0.15, 0.2) is 0 Å². The van der Waals surface area contributed by atoms with Gasteiger partial charge in [-0.1, -0.05) is 6.08 Å². The van der Waals surface area contributed by atoms with Gasteiger partial charge in [-0.3, -0.25) is 0 Å². The molecule has 0 atom stereocenters. The lowest BCUT2D eigenvalue weighted by atomic mass is 10.1. The average molecular weight is 122 g/mol. The molecule has 0 heteroatoms. The predicted octanol–water partition coefficient (Wildman–Crippen LogP) is 3.07. The Bertz CT molecular complexity index is 164. The first-order valence-corrected chi connectivity index (χ1v) is 3.23. The van der Waals surface area contributed by atoms with Crippen molar-refractivity contribution < 1.29 is 0 Å². The Morgan fingerprint density at radius 2 is 1.78 bits per heavy atom. The maximum Gasteiger partial charge on any atom is -0.00689 e. The lowest BCUT2D eigenvalue weighted by Crippen LogP contribution is -1.73. The van der Waals surface area contributed by atoms with Crippen LogP contribution in [0, 0.1) is 0 Å². The van der Waals surface area contributed by atoms with Crippen molar-refractivity contribution in [1.82, 2.24) is 0 Å². The Hall–Kier alpha value is -0.740. The van der Waals surface area contributed by atoms with Crippen molar-refractivity contribution in [2.24, 2.45) is 0 Å². The summed E-state index contributed by atoms with van der Waals surface area (Å²) in [6, 6.07) is 0. The Labute approximate surface area is 57.6 Å². The van der Waals surface area contributed by atoms with Gasteiger partial charge in [0.2, 0.25) is 0 Å². The molecule has 0 heterocycles. The van der Waals surface area contributed by atoms with E-state index in [1.54, 1.807) is 0 Å². The second kappa shape index (κ2) is 4.17. The average Bonchev–Trinajstić information content (AvgIpc) is 1.87. The number of allylic oxidation sites excluding steroid dienone is 3. The highest BCUT2D eigenvalue weighted by atomic mass is 13.9. The van der Waals surface area contributed by atoms with Crippen molar-refractivity contribution in [3.8, 4) is 0 Å². The van der Waals surface area contributed by atoms with Gasteiger partial charge >= 0.3 is 0 Å². The fourth-order valence-electron chi connectivity index (χ4n) is 0.547. The Balaban J connectivity index is 4.40. The van der Waals surface area contributed by atoms with Crippen molar-refractivity contribution in [3.05, 3.63) is 29.0 Å². The van der Waals surface area contributed by atoms with Gasteiger partial charge in [-0.2, -0.15) is 0 Å². The second-order valence-electron chi connectivity index (χ2n) is 2.03. The van der Waals surface area contributed by atoms with Crippen LogP contribution in [0.2, 0.25) is 0 Å². The highest BCUT2D eigenvalue weighted by molar-refractivity contribution is 5.25. The van der Waals surface area contributed by atoms with Crippen LogP contribution < -0.4 is 0 Å². The normalized spacial score (nSPS) is 10.4. The SMILES string of the molecule is CC=C=C(C)C(C)=CC. The molecule has 0 aromatic heterocycles. The van der Waals surface area contributed by atoms with Gasteiger partial charge in [0.05, 0.1) is 0 Å². The topological polar surface area (TPSA) is 0 Å². The number of rotatable bonds is 1. The Morgan fingerprint density at radius 3 is 2.11 bits per heavy atom. The first kappa shape index (κ1) is 8.26. The zero-order valence-electron chi connectivity index (χ0n) is 6.65. The standard InChI is InChI=1S/C9H14/c1-5-7-9(4)8(3)6-2/h5-6H,1-4H3. The van der Waals surface area contributed by atoms with Gasteiger partial charge in [0.25, 0.3) is 0 Å². The zero-order chi connectivity index (χ0) is 7.28. The summed E-state index contributed by atoms with van der Waals surface area (Å²) in [6.45, 7) is 8.17. The van der Waals surface area contributed by atoms with E-state index in [0.29, 0.717) is 0 Å². The van der Waals surface area contributed by atoms with E-state index < -0.39 is 0 Å². The molecule has 0 aromatic carbocycles. The maximum atomic E-state index is 3.12. The van der Waals surface area contributed by atoms with Crippen LogP contribution in [-0.4, -0.2) is 0 Å². The summed E-state index contributed by atoms with van der Waals surface area (Å²) in [4.78, 5) is 0. The molecule has 0 aliphatic heterocycles. The van der Waals surface area contributed by atoms with E-state index >= 15 is 0 Å². The largest absolute Gasteiger partial charge is 0.122 e. The molecule has 9 heavy (non-hydrogen) atoms. The number of hydrogen-bond acceptors (Lipinski definition) is 0. The molecule has 0 saturated carbocycles. The molecule has 0 radical (unpaired) electrons. The third kappa shape index (κ3) is 2.94. The Morgan fingerprint density at radius 1 is 1.22 bits per heavy atom. The van der Waals surface area contributed by atoms with Gasteiger partial charge in [-0.15, -0.1) is 5.73 Å². The smallest absolute Gasteiger partial charge is 0.00689 e. The molecule has 0 aromatic rings. The van der Waals surface area contributed by atoms with E-state index in [2.05, 4.69) is 25.7 Å². The molecule has 0 aliphatic carbocycles. The fourth-order valence-corrected chi connectivity index (χ4v) is 0.547. The highest BCUT2D eigenvalue weighted by Gasteiger charge is 1.85. The van der Waals surface area contributed by atoms with E-state index in [4.69, 9.17) is 0 Å². The third-order valence-electron chi connectivity index (χ3n) is 1.39. The van der Waals surface area contributed by atoms with E-state index in [-0.39, 0.29) is 0 Å². The molecular weight excluding hydrogens is 108 g/mol. The van der Waals surface area contributed by atoms with Gasteiger partial charge in [0.1, 0.15) is 0 Å². The van der Waals surface area contributed by atoms with Gasteiger partial charge in [-0.25, -0.2) is 0 Å². The molecule has 0 spiro atoms. The van der Waals surface area contributed by atoms with Crippen molar-refractivity contribution >= 4 is 0 Å². The fraction of sp³-hybridized carbons (Fsp3) is 0.444. The van der Waals surface area contributed by atoms with E-state index in [9.17, 15) is 0 Å². The molecule has 0 saturated heterocycles. The second-order valence-corrected chi connectivity index (χ2v) is 2.03. The molecule has 0 unspecified atom stereocenters. The first-order valence-electron chi connectivity index (χ1n) is 3.23. The summed E-state index contributed by atoms with van der Waals surface area (Å²) < 4.78 is 0. The molecule has 0 N–H and O–H groups in total. The summed E-state index contributed by atoms with van der Waals surface area (Å²) in [5.74, 6) is 0. The minimum absolute atomic E-state index is 1.22. The van der Waals surface area contributed by atoms with Gasteiger partial charge in [-0.05, 0) is 44.9 Å². The Kier molecular flexibility index (Phi) is 3.83. The maximum absolute atomic E-state index is 3.12. The molecule has 0 rings (SSSR count). The summed E-state index contributed by atoms with van der Waals surface area (Å²) in [5, 5.41) is 0. The molecule has 0 aliphatic rings. The van der Waals surface area contributed by atoms with Crippen LogP contribution in [0.1, 0.15) is 27.7 Å². The zero-order valence-corrected chi connectivity index (χ0v) is 6.65. The molecule has 0 amide bonds. The van der Waals surface area contributed by atoms with Crippen LogP contribution in [0.25, 0.3) is 0 Å². The van der Waals surface area contributed by atoms with Crippen LogP contribution in [0.4, 0.5) is 0 Å². The van der Waals surface area contributed by atoms with Crippen LogP contribution in [0.15, 0.2) is 29.0 Å². The lowest BCUT2D eigenvalue weighted by Gasteiger charge is -1.92. The van der Waals surface area contributed by atoms with Crippen LogP contribution in [0.3, 0.4) is 0 Å². The summed E-state index contributed by atoms with van der Waals surface area (Å²) in [5.41, 5.74) is 5.64. The number of hydrogen-bond donors (Lipinski definition) is 0. The van der Waals surface area contributed by atoms with Crippen LogP contribution in [0.5, 0.6) is 0 Å². The minimum Gasteiger partial charge on any atom is -0.122 e. The van der Waals surface area contributed by atoms with Gasteiger partial charge < -0.3 is 0 Å². The van der Waals surface area contributed by atoms with E-state index in [1.165, 1.54) is 11.1 Å². The van der Waals surface area contributed by atoms with Crippen molar-refractivity contribution in [1.29, 1.82) is 0 Å². The van der Waals surface area contributed by atoms with Crippen LogP contribution in [-0.2, 0) is 0 Å². The van der Waals surface area contributed by atoms with Crippen molar-refractivity contribution in [2.45, 2.75) is 27.7 Å². The summed E-state index contributed by atoms with van der Waals surface area (Å²) >= 11 is 0. The third-order valence-corrected chi connectivity index (χ3v) is 1.39. The molecule has 0 bridgehead atoms. The molecule has 50 valence electrons. The summed E-state index contributed by atoms with van der Waals surface area (Å²) in [7, 11) is 0. The monoisotopic (exact) mass is 122 g/mol. The van der Waals surface area contributed by atoms with Crippen molar-refractivity contribution in [3.63, 3.8) is 0 Å². The summed E-state index contributed by atoms with van der Waals surface area (Å²) in [6.07, 6.45) is 4.02. The predicted molar refractivity (Wildman–Crippen MR) is 42.4 cm³/mol. The quantitative estimate of drug-likeness (QED) is 0.370. The van der Waals surface area contributed by atoms with Gasteiger partial charge in [0, 0.05) is 0 Å².